The van der Waals surface area contributed by atoms with E-state index in [9.17, 15) is 0 Å². The Morgan fingerprint density at radius 1 is 1.43 bits per heavy atom. The molecule has 0 fully saturated rings. The summed E-state index contributed by atoms with van der Waals surface area (Å²) >= 11 is 0. The molecule has 0 saturated heterocycles. The first-order valence-electron chi connectivity index (χ1n) is 4.65. The molecule has 1 aromatic rings. The number of aromatic nitrogens is 1. The van der Waals surface area contributed by atoms with Crippen molar-refractivity contribution in [3.63, 3.8) is 0 Å². The number of hydrogen-bond acceptors (Lipinski definition) is 1. The molecule has 1 heterocycles. The van der Waals surface area contributed by atoms with Gasteiger partial charge in [0.1, 0.15) is 0 Å². The summed E-state index contributed by atoms with van der Waals surface area (Å²) in [4.78, 5) is 4.24. The first kappa shape index (κ1) is 10.5. The average Bonchev–Trinajstić information content (AvgIpc) is 2.18. The first-order valence-corrected chi connectivity index (χ1v) is 4.65. The van der Waals surface area contributed by atoms with E-state index in [1.807, 2.05) is 50.3 Å². The maximum atomic E-state index is 4.24. The van der Waals surface area contributed by atoms with E-state index in [0.29, 0.717) is 0 Å². The summed E-state index contributed by atoms with van der Waals surface area (Å²) < 4.78 is 0. The van der Waals surface area contributed by atoms with Crippen LogP contribution in [0.1, 0.15) is 18.2 Å². The third-order valence-corrected chi connectivity index (χ3v) is 1.85. The largest absolute Gasteiger partial charge is 0.256 e. The van der Waals surface area contributed by atoms with Gasteiger partial charge in [-0.2, -0.15) is 0 Å². The smallest absolute Gasteiger partial charge is 0.0698 e. The molecule has 0 radical (unpaired) electrons. The SMILES string of the molecule is C=C(/C=C\C=C/C)c1cc(C)ccn1. The molecule has 0 spiro atoms. The van der Waals surface area contributed by atoms with Gasteiger partial charge in [0.15, 0.2) is 0 Å². The van der Waals surface area contributed by atoms with Crippen molar-refractivity contribution in [2.45, 2.75) is 13.8 Å². The van der Waals surface area contributed by atoms with Crippen molar-refractivity contribution < 1.29 is 0 Å². The Hall–Kier alpha value is -1.63. The molecule has 14 heavy (non-hydrogen) atoms. The zero-order valence-corrected chi connectivity index (χ0v) is 8.70. The van der Waals surface area contributed by atoms with Crippen LogP contribution >= 0.6 is 0 Å². The van der Waals surface area contributed by atoms with Gasteiger partial charge in [0.2, 0.25) is 0 Å². The third kappa shape index (κ3) is 3.02. The van der Waals surface area contributed by atoms with E-state index in [2.05, 4.69) is 11.6 Å². The Morgan fingerprint density at radius 3 is 2.86 bits per heavy atom. The second-order valence-electron chi connectivity index (χ2n) is 3.13. The van der Waals surface area contributed by atoms with Gasteiger partial charge in [-0.15, -0.1) is 0 Å². The summed E-state index contributed by atoms with van der Waals surface area (Å²) in [5, 5.41) is 0. The van der Waals surface area contributed by atoms with E-state index in [0.717, 1.165) is 11.3 Å². The predicted octanol–water partition coefficient (Wildman–Crippen LogP) is 3.54. The molecular formula is C13H15N. The fourth-order valence-corrected chi connectivity index (χ4v) is 1.08. The summed E-state index contributed by atoms with van der Waals surface area (Å²) in [6, 6.07) is 4.01. The van der Waals surface area contributed by atoms with E-state index < -0.39 is 0 Å². The van der Waals surface area contributed by atoms with Gasteiger partial charge in [0, 0.05) is 6.20 Å². The molecule has 0 atom stereocenters. The van der Waals surface area contributed by atoms with Crippen molar-refractivity contribution in [2.75, 3.05) is 0 Å². The Kier molecular flexibility index (Phi) is 3.86. The van der Waals surface area contributed by atoms with Crippen LogP contribution in [-0.4, -0.2) is 4.98 Å². The van der Waals surface area contributed by atoms with Crippen molar-refractivity contribution in [3.05, 3.63) is 60.5 Å². The minimum atomic E-state index is 0.936. The van der Waals surface area contributed by atoms with E-state index in [1.165, 1.54) is 5.56 Å². The van der Waals surface area contributed by atoms with Gasteiger partial charge in [0.25, 0.3) is 0 Å². The van der Waals surface area contributed by atoms with Crippen molar-refractivity contribution >= 4 is 5.57 Å². The minimum Gasteiger partial charge on any atom is -0.256 e. The molecule has 0 aliphatic rings. The van der Waals surface area contributed by atoms with E-state index >= 15 is 0 Å². The Morgan fingerprint density at radius 2 is 2.21 bits per heavy atom. The quantitative estimate of drug-likeness (QED) is 0.656. The van der Waals surface area contributed by atoms with Crippen LogP contribution in [0.4, 0.5) is 0 Å². The number of aryl methyl sites for hydroxylation is 1. The van der Waals surface area contributed by atoms with Crippen LogP contribution in [0, 0.1) is 6.92 Å². The van der Waals surface area contributed by atoms with Crippen molar-refractivity contribution in [1.82, 2.24) is 4.98 Å². The molecule has 0 bridgehead atoms. The predicted molar refractivity (Wildman–Crippen MR) is 62.0 cm³/mol. The van der Waals surface area contributed by atoms with Crippen LogP contribution in [0.5, 0.6) is 0 Å². The highest BCUT2D eigenvalue weighted by Crippen LogP contribution is 2.11. The first-order chi connectivity index (χ1) is 6.74. The van der Waals surface area contributed by atoms with Gasteiger partial charge in [0.05, 0.1) is 5.69 Å². The molecule has 1 heteroatoms. The summed E-state index contributed by atoms with van der Waals surface area (Å²) in [6.07, 6.45) is 9.68. The zero-order valence-electron chi connectivity index (χ0n) is 8.70. The van der Waals surface area contributed by atoms with E-state index in [1.54, 1.807) is 6.20 Å². The molecule has 1 aromatic heterocycles. The van der Waals surface area contributed by atoms with E-state index in [4.69, 9.17) is 0 Å². The second kappa shape index (κ2) is 5.18. The molecule has 72 valence electrons. The van der Waals surface area contributed by atoms with Crippen molar-refractivity contribution in [3.8, 4) is 0 Å². The summed E-state index contributed by atoms with van der Waals surface area (Å²) in [7, 11) is 0. The molecule has 0 unspecified atom stereocenters. The van der Waals surface area contributed by atoms with Crippen LogP contribution in [0.2, 0.25) is 0 Å². The van der Waals surface area contributed by atoms with Gasteiger partial charge in [-0.1, -0.05) is 30.9 Å². The van der Waals surface area contributed by atoms with Crippen molar-refractivity contribution in [2.24, 2.45) is 0 Å². The van der Waals surface area contributed by atoms with Crippen LogP contribution in [0.25, 0.3) is 5.57 Å². The molecule has 0 saturated carbocycles. The summed E-state index contributed by atoms with van der Waals surface area (Å²) in [6.45, 7) is 7.99. The molecule has 0 N–H and O–H groups in total. The number of hydrogen-bond donors (Lipinski definition) is 0. The second-order valence-corrected chi connectivity index (χ2v) is 3.13. The van der Waals surface area contributed by atoms with Crippen LogP contribution in [0.3, 0.4) is 0 Å². The number of pyridine rings is 1. The van der Waals surface area contributed by atoms with Gasteiger partial charge in [-0.3, -0.25) is 4.98 Å². The van der Waals surface area contributed by atoms with Gasteiger partial charge < -0.3 is 0 Å². The lowest BCUT2D eigenvalue weighted by Gasteiger charge is -1.99. The fourth-order valence-electron chi connectivity index (χ4n) is 1.08. The zero-order chi connectivity index (χ0) is 10.4. The third-order valence-electron chi connectivity index (χ3n) is 1.85. The van der Waals surface area contributed by atoms with Gasteiger partial charge in [-0.05, 0) is 37.1 Å². The molecule has 0 amide bonds. The van der Waals surface area contributed by atoms with Crippen LogP contribution < -0.4 is 0 Å². The lowest BCUT2D eigenvalue weighted by atomic mass is 10.1. The highest BCUT2D eigenvalue weighted by Gasteiger charge is 1.95. The monoisotopic (exact) mass is 185 g/mol. The summed E-state index contributed by atoms with van der Waals surface area (Å²) in [5.41, 5.74) is 3.08. The molecule has 0 aromatic carbocycles. The maximum absolute atomic E-state index is 4.24. The number of allylic oxidation sites excluding steroid dienone is 5. The highest BCUT2D eigenvalue weighted by molar-refractivity contribution is 5.69. The maximum Gasteiger partial charge on any atom is 0.0698 e. The van der Waals surface area contributed by atoms with Gasteiger partial charge in [-0.25, -0.2) is 0 Å². The Bertz CT molecular complexity index is 373. The average molecular weight is 185 g/mol. The van der Waals surface area contributed by atoms with Crippen molar-refractivity contribution in [1.29, 1.82) is 0 Å². The van der Waals surface area contributed by atoms with Crippen LogP contribution in [0.15, 0.2) is 49.2 Å². The molecule has 1 nitrogen and oxygen atoms in total. The normalized spacial score (nSPS) is 11.3. The molecule has 1 rings (SSSR count). The summed E-state index contributed by atoms with van der Waals surface area (Å²) in [5.74, 6) is 0. The lowest BCUT2D eigenvalue weighted by Crippen LogP contribution is -1.85. The number of nitrogens with zero attached hydrogens (tertiary/aromatic N) is 1. The Balaban J connectivity index is 2.79. The fraction of sp³-hybridized carbons (Fsp3) is 0.154. The highest BCUT2D eigenvalue weighted by atomic mass is 14.7. The van der Waals surface area contributed by atoms with Crippen LogP contribution in [-0.2, 0) is 0 Å². The topological polar surface area (TPSA) is 12.9 Å². The molecular weight excluding hydrogens is 170 g/mol. The number of rotatable bonds is 3. The Labute approximate surface area is 85.5 Å². The molecule has 0 aliphatic carbocycles. The lowest BCUT2D eigenvalue weighted by molar-refractivity contribution is 1.25. The minimum absolute atomic E-state index is 0.936. The standard InChI is InChI=1S/C13H15N/c1-4-5-6-7-12(3)13-10-11(2)8-9-14-13/h4-10H,3H2,1-2H3/b5-4-,7-6-. The van der Waals surface area contributed by atoms with E-state index in [-0.39, 0.29) is 0 Å². The molecule has 0 aliphatic heterocycles. The van der Waals surface area contributed by atoms with Gasteiger partial charge >= 0.3 is 0 Å².